The van der Waals surface area contributed by atoms with Crippen LogP contribution in [-0.2, 0) is 82.4 Å². The van der Waals surface area contributed by atoms with Crippen LogP contribution in [0.5, 0.6) is 0 Å². The van der Waals surface area contributed by atoms with Crippen molar-refractivity contribution in [1.82, 2.24) is 0 Å². The molecule has 4 rings (SSSR count). The van der Waals surface area contributed by atoms with Gasteiger partial charge in [0.25, 0.3) is 0 Å². The molecule has 4 aliphatic heterocycles. The molecule has 0 saturated carbocycles. The quantitative estimate of drug-likeness (QED) is 0.0908. The van der Waals surface area contributed by atoms with Gasteiger partial charge in [0.1, 0.15) is 0 Å². The molecule has 0 spiro atoms. The Balaban J connectivity index is 1.52. The molecule has 270 valence electrons. The van der Waals surface area contributed by atoms with Gasteiger partial charge in [-0.05, 0) is 0 Å². The van der Waals surface area contributed by atoms with Gasteiger partial charge in [-0.1, -0.05) is 0 Å². The van der Waals surface area contributed by atoms with E-state index in [-0.39, 0.29) is 0 Å². The molecular weight excluding hydrogens is 812 g/mol. The first kappa shape index (κ1) is 39.7. The van der Waals surface area contributed by atoms with Gasteiger partial charge in [0.05, 0.1) is 0 Å². The Labute approximate surface area is 288 Å². The van der Waals surface area contributed by atoms with Crippen LogP contribution < -0.4 is 11.5 Å². The minimum atomic E-state index is -2.00. The number of ether oxygens (including phenoxy) is 7. The molecule has 23 heteroatoms. The van der Waals surface area contributed by atoms with E-state index in [0.717, 1.165) is 39.6 Å². The van der Waals surface area contributed by atoms with Gasteiger partial charge in [0, 0.05) is 0 Å². The topological polar surface area (TPSA) is 353 Å². The molecule has 0 radical (unpaired) electrons. The second kappa shape index (κ2) is 16.5. The molecule has 21 nitrogen and oxygen atoms in total. The van der Waals surface area contributed by atoms with Crippen molar-refractivity contribution < 1.29 is 133 Å². The number of aliphatic hydroxyl groups excluding tert-OH is 10. The van der Waals surface area contributed by atoms with Crippen LogP contribution in [0.3, 0.4) is 0 Å². The van der Waals surface area contributed by atoms with Gasteiger partial charge in [-0.3, -0.25) is 0 Å². The van der Waals surface area contributed by atoms with E-state index < -0.39 is 144 Å². The van der Waals surface area contributed by atoms with Gasteiger partial charge in [-0.2, -0.15) is 0 Å². The zero-order chi connectivity index (χ0) is 35.1. The minimum absolute atomic E-state index is 0.709. The van der Waals surface area contributed by atoms with Gasteiger partial charge >= 0.3 is 289 Å². The second-order valence-electron chi connectivity index (χ2n) is 11.4. The van der Waals surface area contributed by atoms with E-state index in [9.17, 15) is 60.7 Å². The average Bonchev–Trinajstić information content (AvgIpc) is 3.02. The molecule has 4 heterocycles. The first-order chi connectivity index (χ1) is 22.0. The van der Waals surface area contributed by atoms with Crippen molar-refractivity contribution in [2.75, 3.05) is 13.2 Å². The molecule has 4 aliphatic rings. The first-order valence-electron chi connectivity index (χ1n) is 14.2. The second-order valence-corrected chi connectivity index (χ2v) is 13.3. The van der Waals surface area contributed by atoms with Crippen molar-refractivity contribution in [3.8, 4) is 0 Å². The third kappa shape index (κ3) is 8.22. The Morgan fingerprint density at radius 3 is 1.49 bits per heavy atom. The van der Waals surface area contributed by atoms with Gasteiger partial charge in [0.15, 0.2) is 0 Å². The zero-order valence-corrected chi connectivity index (χ0v) is 28.1. The van der Waals surface area contributed by atoms with Crippen molar-refractivity contribution in [3.05, 3.63) is 0 Å². The van der Waals surface area contributed by atoms with Gasteiger partial charge in [-0.25, -0.2) is 0 Å². The monoisotopic (exact) mass is 854 g/mol. The van der Waals surface area contributed by atoms with Crippen molar-refractivity contribution >= 4 is 8.35 Å². The van der Waals surface area contributed by atoms with Crippen LogP contribution in [0.2, 0.25) is 0 Å². The zero-order valence-electron chi connectivity index (χ0n) is 24.1. The summed E-state index contributed by atoms with van der Waals surface area (Å²) in [5.74, 6) is 0. The summed E-state index contributed by atoms with van der Waals surface area (Å²) in [6, 6.07) is -2.98. The fourth-order valence-electron chi connectivity index (χ4n) is 5.57. The Morgan fingerprint density at radius 1 is 0.532 bits per heavy atom. The van der Waals surface area contributed by atoms with Crippen LogP contribution in [0.25, 0.3) is 0 Å². The van der Waals surface area contributed by atoms with Gasteiger partial charge < -0.3 is 0 Å². The third-order valence-electron chi connectivity index (χ3n) is 8.27. The number of hydrogen-bond donors (Lipinski definition) is 12. The number of nitrogens with two attached hydrogens (primary N) is 2. The van der Waals surface area contributed by atoms with Gasteiger partial charge in [0.2, 0.25) is 0 Å². The summed E-state index contributed by atoms with van der Waals surface area (Å²) in [6.07, 6.45) is -31.2. The molecule has 0 aliphatic carbocycles. The number of rotatable bonds is 10. The molecular formula is C24H38Mo2N2O19. The standard InChI is InChI=1S/C24H38N2O19.2Mo/c25-9-19(12(32)6(2-28)39-21(9)38)44-24-17(37)15(35)18(8(4-30)42-24)43-22-10(26)20(13(33)7(3-29)40-22)45-23-16(36)14(34)11(31)5(1-27)41-23;;/h5-24,28-29,31-38H,2-3,25-26H2;;/t5-,6-,7-,8-,9-,10-,11-,12-,13-,14+,15-,16-,17-,18-,19-,20-,21-,22+,23+,24+;;/m1../s1. The Hall–Kier alpha value is -0.0434. The maximum absolute atomic E-state index is 12.7. The maximum atomic E-state index is 12.7. The van der Waals surface area contributed by atoms with Crippen molar-refractivity contribution in [2.45, 2.75) is 123 Å². The van der Waals surface area contributed by atoms with Gasteiger partial charge in [-0.15, -0.1) is 0 Å². The van der Waals surface area contributed by atoms with E-state index in [4.69, 9.17) is 44.6 Å². The summed E-state index contributed by atoms with van der Waals surface area (Å²) in [6.45, 7) is -1.59. The van der Waals surface area contributed by atoms with Crippen LogP contribution in [0.4, 0.5) is 0 Å². The van der Waals surface area contributed by atoms with E-state index in [0.29, 0.717) is 0 Å². The molecule has 0 amide bonds. The van der Waals surface area contributed by atoms with Crippen LogP contribution >= 0.6 is 0 Å². The summed E-state index contributed by atoms with van der Waals surface area (Å²) in [5.41, 5.74) is 12.1. The number of carbonyl (C=O) groups is 2. The first-order valence-corrected chi connectivity index (χ1v) is 16.2. The van der Waals surface area contributed by atoms with E-state index in [2.05, 4.69) is 0 Å². The summed E-state index contributed by atoms with van der Waals surface area (Å²) in [5, 5.41) is 104. The van der Waals surface area contributed by atoms with Crippen LogP contribution in [0.1, 0.15) is 0 Å². The van der Waals surface area contributed by atoms with E-state index in [1.54, 1.807) is 0 Å². The van der Waals surface area contributed by atoms with Crippen molar-refractivity contribution in [2.24, 2.45) is 11.5 Å². The predicted molar refractivity (Wildman–Crippen MR) is 134 cm³/mol. The fraction of sp³-hybridized carbons (Fsp3) is 0.917. The number of aliphatic hydroxyl groups is 10. The Kier molecular flexibility index (Phi) is 14.0. The average molecular weight is 850 g/mol. The Morgan fingerprint density at radius 2 is 0.979 bits per heavy atom. The normalized spacial score (nSPS) is 51.0. The summed E-state index contributed by atoms with van der Waals surface area (Å²) in [7, 11) is 0. The van der Waals surface area contributed by atoms with Crippen molar-refractivity contribution in [3.63, 3.8) is 0 Å². The van der Waals surface area contributed by atoms with Crippen LogP contribution in [-0.4, -0.2) is 195 Å². The van der Waals surface area contributed by atoms with Crippen molar-refractivity contribution in [1.29, 1.82) is 0 Å². The molecule has 0 aromatic rings. The van der Waals surface area contributed by atoms with E-state index in [1.807, 2.05) is 0 Å². The molecule has 0 aromatic carbocycles. The SMILES string of the molecule is N[C@@H]1[C@@H](O[C@@H]2O[C@H]([C](=O)[Mo])[C@@H](O[C@@H]3O[C@H](CO)[C@@H](O)[C@H](O[C@@H]4O[C@H]([C](=O)[Mo])[C@@H](O)[C@H](O)[C@H]4O)[C@H]3N)[C@H](O)[C@H]2O)[C@H](O)[C@@H](CO)O[C@H]1O. The molecule has 47 heavy (non-hydrogen) atoms. The Bertz CT molecular complexity index is 1090. The molecule has 4 fully saturated rings. The molecule has 4 saturated heterocycles. The van der Waals surface area contributed by atoms with E-state index in [1.165, 1.54) is 0 Å². The summed E-state index contributed by atoms with van der Waals surface area (Å²) < 4.78 is 37.0. The van der Waals surface area contributed by atoms with E-state index >= 15 is 0 Å². The number of hydrogen-bond acceptors (Lipinski definition) is 21. The molecule has 20 atom stereocenters. The molecule has 0 unspecified atom stereocenters. The van der Waals surface area contributed by atoms with Crippen LogP contribution in [0, 0.1) is 0 Å². The third-order valence-corrected chi connectivity index (χ3v) is 9.41. The molecule has 14 N–H and O–H groups in total. The fourth-order valence-corrected chi connectivity index (χ4v) is 6.51. The molecule has 0 bridgehead atoms. The summed E-state index contributed by atoms with van der Waals surface area (Å²) in [4.78, 5) is 24.6. The number of carbonyl (C=O) groups excluding carboxylic acids is 2. The van der Waals surface area contributed by atoms with Crippen LogP contribution in [0.15, 0.2) is 0 Å². The molecule has 0 aromatic heterocycles. The summed E-state index contributed by atoms with van der Waals surface area (Å²) >= 11 is 1.93. The predicted octanol–water partition coefficient (Wildman–Crippen LogP) is -9.65.